The average Bonchev–Trinajstić information content (AvgIpc) is 3.18. The minimum Gasteiger partial charge on any atom is -0.449 e. The Labute approximate surface area is 339 Å². The van der Waals surface area contributed by atoms with Gasteiger partial charge in [0, 0.05) is 20.3 Å². The van der Waals surface area contributed by atoms with Crippen molar-refractivity contribution < 1.29 is 19.0 Å². The van der Waals surface area contributed by atoms with Crippen LogP contribution >= 0.6 is 0 Å². The van der Waals surface area contributed by atoms with Gasteiger partial charge in [0.1, 0.15) is 0 Å². The van der Waals surface area contributed by atoms with Crippen LogP contribution in [0, 0.1) is 5.92 Å². The molecule has 0 aliphatic heterocycles. The summed E-state index contributed by atoms with van der Waals surface area (Å²) in [6.07, 6.45) is 53.7. The van der Waals surface area contributed by atoms with E-state index in [9.17, 15) is 4.79 Å². The molecule has 0 radical (unpaired) electrons. The summed E-state index contributed by atoms with van der Waals surface area (Å²) in [4.78, 5) is 12.4. The Hall–Kier alpha value is -0.810. The highest BCUT2D eigenvalue weighted by Crippen LogP contribution is 2.21. The Morgan fingerprint density at radius 2 is 0.722 bits per heavy atom. The Bertz CT molecular complexity index is 649. The maximum absolute atomic E-state index is 12.4. The summed E-state index contributed by atoms with van der Waals surface area (Å²) in [7, 11) is 1.68. The van der Waals surface area contributed by atoms with E-state index < -0.39 is 0 Å². The molecule has 5 nitrogen and oxygen atoms in total. The van der Waals surface area contributed by atoms with Gasteiger partial charge in [0.15, 0.2) is 0 Å². The molecule has 0 spiro atoms. The number of alkyl carbamates (subject to hydrolysis) is 1. The van der Waals surface area contributed by atoms with E-state index in [1.54, 1.807) is 7.11 Å². The molecule has 0 atom stereocenters. The quantitative estimate of drug-likeness (QED) is 0.0627. The second kappa shape index (κ2) is 48.3. The monoisotopic (exact) mass is 766 g/mol. The molecule has 0 fully saturated rings. The van der Waals surface area contributed by atoms with Gasteiger partial charge in [0.2, 0.25) is 0 Å². The van der Waals surface area contributed by atoms with Crippen LogP contribution in [0.5, 0.6) is 0 Å². The van der Waals surface area contributed by atoms with Crippen molar-refractivity contribution in [3.63, 3.8) is 0 Å². The van der Waals surface area contributed by atoms with Crippen LogP contribution in [0.25, 0.3) is 0 Å². The van der Waals surface area contributed by atoms with E-state index in [0.717, 1.165) is 6.42 Å². The number of carbonyl (C=O) groups is 1. The Morgan fingerprint density at radius 1 is 0.407 bits per heavy atom. The second-order valence-electron chi connectivity index (χ2n) is 16.9. The predicted molar refractivity (Wildman–Crippen MR) is 237 cm³/mol. The zero-order valence-electron chi connectivity index (χ0n) is 37.3. The van der Waals surface area contributed by atoms with Gasteiger partial charge in [-0.2, -0.15) is 0 Å². The smallest absolute Gasteiger partial charge is 0.407 e. The van der Waals surface area contributed by atoms with Gasteiger partial charge >= 0.3 is 6.09 Å². The van der Waals surface area contributed by atoms with Gasteiger partial charge in [-0.05, 0) is 25.2 Å². The second-order valence-corrected chi connectivity index (χ2v) is 16.9. The number of nitrogens with one attached hydrogen (secondary N) is 1. The molecule has 0 aromatic carbocycles. The van der Waals surface area contributed by atoms with Gasteiger partial charge in [-0.3, -0.25) is 0 Å². The first kappa shape index (κ1) is 53.2. The predicted octanol–water partition coefficient (Wildman–Crippen LogP) is 16.2. The van der Waals surface area contributed by atoms with E-state index in [4.69, 9.17) is 14.2 Å². The molecule has 0 aliphatic carbocycles. The fraction of sp³-hybridized carbons (Fsp3) is 0.980. The molecular weight excluding hydrogens is 667 g/mol. The van der Waals surface area contributed by atoms with E-state index in [2.05, 4.69) is 19.2 Å². The Balaban J connectivity index is 3.96. The molecule has 54 heavy (non-hydrogen) atoms. The lowest BCUT2D eigenvalue weighted by Crippen LogP contribution is -2.28. The molecule has 0 aromatic heterocycles. The van der Waals surface area contributed by atoms with Crippen molar-refractivity contribution in [1.82, 2.24) is 5.32 Å². The van der Waals surface area contributed by atoms with Crippen molar-refractivity contribution in [1.29, 1.82) is 0 Å². The van der Waals surface area contributed by atoms with E-state index >= 15 is 0 Å². The SMILES string of the molecule is CCCCCCCCCCCCCCCCCCCCC(CCCCCCCCCCCCCCCCCCCC)COC(=O)NCCCOCCOC. The maximum Gasteiger partial charge on any atom is 0.407 e. The summed E-state index contributed by atoms with van der Waals surface area (Å²) >= 11 is 0. The van der Waals surface area contributed by atoms with Gasteiger partial charge in [0.05, 0.1) is 19.8 Å². The topological polar surface area (TPSA) is 56.8 Å². The zero-order valence-corrected chi connectivity index (χ0v) is 37.3. The third-order valence-corrected chi connectivity index (χ3v) is 11.5. The van der Waals surface area contributed by atoms with Gasteiger partial charge in [-0.1, -0.05) is 245 Å². The van der Waals surface area contributed by atoms with E-state index in [-0.39, 0.29) is 6.09 Å². The molecule has 0 aliphatic rings. The maximum atomic E-state index is 12.4. The summed E-state index contributed by atoms with van der Waals surface area (Å²) in [6.45, 7) is 7.59. The van der Waals surface area contributed by atoms with Crippen LogP contribution in [0.2, 0.25) is 0 Å². The Morgan fingerprint density at radius 3 is 1.04 bits per heavy atom. The van der Waals surface area contributed by atoms with Gasteiger partial charge in [-0.25, -0.2) is 4.79 Å². The minimum absolute atomic E-state index is 0.271. The standard InChI is InChI=1S/C49H99NO4/c1-4-6-8-10-12-14-16-18-20-22-24-26-28-30-32-34-36-38-41-48(47-54-49(51)50-43-40-44-53-46-45-52-3)42-39-37-35-33-31-29-27-25-23-21-19-17-15-13-11-9-7-5-2/h48H,4-47H2,1-3H3,(H,50,51). The van der Waals surface area contributed by atoms with Gasteiger partial charge < -0.3 is 19.5 Å². The first-order valence-corrected chi connectivity index (χ1v) is 24.7. The Kier molecular flexibility index (Phi) is 47.6. The van der Waals surface area contributed by atoms with Crippen molar-refractivity contribution >= 4 is 6.09 Å². The molecular formula is C49H99NO4. The molecule has 0 heterocycles. The fourth-order valence-electron chi connectivity index (χ4n) is 7.83. The fourth-order valence-corrected chi connectivity index (χ4v) is 7.83. The number of carbonyl (C=O) groups excluding carboxylic acids is 1. The van der Waals surface area contributed by atoms with Crippen molar-refractivity contribution in [3.8, 4) is 0 Å². The first-order chi connectivity index (χ1) is 26.7. The molecule has 324 valence electrons. The van der Waals surface area contributed by atoms with Crippen LogP contribution in [0.15, 0.2) is 0 Å². The van der Waals surface area contributed by atoms with Crippen LogP contribution < -0.4 is 5.32 Å². The number of amides is 1. The summed E-state index contributed by atoms with van der Waals surface area (Å²) in [5.74, 6) is 0.496. The van der Waals surface area contributed by atoms with Gasteiger partial charge in [0.25, 0.3) is 0 Å². The molecule has 0 rings (SSSR count). The summed E-state index contributed by atoms with van der Waals surface area (Å²) in [5, 5.41) is 2.91. The van der Waals surface area contributed by atoms with Crippen LogP contribution in [0.3, 0.4) is 0 Å². The third kappa shape index (κ3) is 45.6. The van der Waals surface area contributed by atoms with E-state index in [1.165, 1.54) is 244 Å². The molecule has 5 heteroatoms. The highest BCUT2D eigenvalue weighted by Gasteiger charge is 2.12. The van der Waals surface area contributed by atoms with Crippen molar-refractivity contribution in [3.05, 3.63) is 0 Å². The number of unbranched alkanes of at least 4 members (excludes halogenated alkanes) is 34. The van der Waals surface area contributed by atoms with E-state index in [1.807, 2.05) is 0 Å². The van der Waals surface area contributed by atoms with Gasteiger partial charge in [-0.15, -0.1) is 0 Å². The van der Waals surface area contributed by atoms with Crippen molar-refractivity contribution in [2.75, 3.05) is 40.1 Å². The molecule has 0 saturated heterocycles. The molecule has 0 bridgehead atoms. The molecule has 1 N–H and O–H groups in total. The summed E-state index contributed by atoms with van der Waals surface area (Å²) < 4.78 is 16.2. The normalized spacial score (nSPS) is 11.6. The van der Waals surface area contributed by atoms with Crippen molar-refractivity contribution in [2.45, 2.75) is 264 Å². The number of ether oxygens (including phenoxy) is 3. The van der Waals surface area contributed by atoms with Crippen molar-refractivity contribution in [2.24, 2.45) is 5.92 Å². The summed E-state index contributed by atoms with van der Waals surface area (Å²) in [6, 6.07) is 0. The first-order valence-electron chi connectivity index (χ1n) is 24.7. The average molecular weight is 766 g/mol. The lowest BCUT2D eigenvalue weighted by atomic mass is 9.94. The lowest BCUT2D eigenvalue weighted by Gasteiger charge is -2.17. The number of rotatable bonds is 47. The number of hydrogen-bond donors (Lipinski definition) is 1. The lowest BCUT2D eigenvalue weighted by molar-refractivity contribution is 0.0689. The third-order valence-electron chi connectivity index (χ3n) is 11.5. The highest BCUT2D eigenvalue weighted by molar-refractivity contribution is 5.67. The molecule has 0 unspecified atom stereocenters. The minimum atomic E-state index is -0.271. The largest absolute Gasteiger partial charge is 0.449 e. The zero-order chi connectivity index (χ0) is 39.1. The van der Waals surface area contributed by atoms with Crippen LogP contribution in [-0.4, -0.2) is 46.2 Å². The summed E-state index contributed by atoms with van der Waals surface area (Å²) in [5.41, 5.74) is 0. The van der Waals surface area contributed by atoms with Crippen LogP contribution in [-0.2, 0) is 14.2 Å². The van der Waals surface area contributed by atoms with Crippen LogP contribution in [0.1, 0.15) is 264 Å². The number of hydrogen-bond acceptors (Lipinski definition) is 4. The molecule has 0 saturated carbocycles. The highest BCUT2D eigenvalue weighted by atomic mass is 16.5. The molecule has 1 amide bonds. The van der Waals surface area contributed by atoms with E-state index in [0.29, 0.717) is 38.9 Å². The molecule has 0 aromatic rings. The van der Waals surface area contributed by atoms with Crippen LogP contribution in [0.4, 0.5) is 4.79 Å². The number of methoxy groups -OCH3 is 1.